The Hall–Kier alpha value is -1.65. The molecule has 0 saturated carbocycles. The lowest BCUT2D eigenvalue weighted by Crippen LogP contribution is -2.34. The lowest BCUT2D eigenvalue weighted by molar-refractivity contribution is -0.138. The highest BCUT2D eigenvalue weighted by Crippen LogP contribution is 2.16. The van der Waals surface area contributed by atoms with Crippen molar-refractivity contribution < 1.29 is 9.90 Å². The van der Waals surface area contributed by atoms with Gasteiger partial charge >= 0.3 is 5.97 Å². The van der Waals surface area contributed by atoms with E-state index < -0.39 is 11.9 Å². The van der Waals surface area contributed by atoms with Gasteiger partial charge in [0.25, 0.3) is 0 Å². The summed E-state index contributed by atoms with van der Waals surface area (Å²) in [5.41, 5.74) is 0.843. The van der Waals surface area contributed by atoms with Crippen molar-refractivity contribution in [1.82, 2.24) is 5.32 Å². The average Bonchev–Trinajstić information content (AvgIpc) is 2.92. The van der Waals surface area contributed by atoms with Crippen LogP contribution >= 0.6 is 11.3 Å². The first-order valence-electron chi connectivity index (χ1n) is 6.70. The number of thiophene rings is 1. The van der Waals surface area contributed by atoms with Crippen molar-refractivity contribution in [2.45, 2.75) is 25.3 Å². The zero-order chi connectivity index (χ0) is 14.4. The van der Waals surface area contributed by atoms with Crippen LogP contribution < -0.4 is 5.32 Å². The van der Waals surface area contributed by atoms with Crippen molar-refractivity contribution >= 4 is 17.3 Å². The monoisotopic (exact) mass is 289 g/mol. The molecule has 0 aliphatic rings. The van der Waals surface area contributed by atoms with E-state index >= 15 is 0 Å². The molecule has 4 heteroatoms. The van der Waals surface area contributed by atoms with Gasteiger partial charge in [0, 0.05) is 17.5 Å². The molecule has 1 heterocycles. The van der Waals surface area contributed by atoms with E-state index in [0.29, 0.717) is 6.54 Å². The van der Waals surface area contributed by atoms with E-state index in [4.69, 9.17) is 0 Å². The fraction of sp³-hybridized carbons (Fsp3) is 0.312. The largest absolute Gasteiger partial charge is 0.481 e. The van der Waals surface area contributed by atoms with Gasteiger partial charge in [0.15, 0.2) is 0 Å². The van der Waals surface area contributed by atoms with Crippen molar-refractivity contribution in [3.63, 3.8) is 0 Å². The van der Waals surface area contributed by atoms with Gasteiger partial charge in [-0.3, -0.25) is 4.79 Å². The molecule has 106 valence electrons. The summed E-state index contributed by atoms with van der Waals surface area (Å²) in [6.45, 7) is 2.54. The Morgan fingerprint density at radius 1 is 1.25 bits per heavy atom. The molecule has 0 saturated heterocycles. The summed E-state index contributed by atoms with van der Waals surface area (Å²) < 4.78 is 0. The van der Waals surface area contributed by atoms with Crippen molar-refractivity contribution in [2.24, 2.45) is 0 Å². The van der Waals surface area contributed by atoms with Gasteiger partial charge in [0.1, 0.15) is 0 Å². The summed E-state index contributed by atoms with van der Waals surface area (Å²) in [5.74, 6) is -1.28. The highest BCUT2D eigenvalue weighted by atomic mass is 32.1. The van der Waals surface area contributed by atoms with Crippen LogP contribution in [0.5, 0.6) is 0 Å². The maximum atomic E-state index is 11.4. The standard InChI is InChI=1S/C16H19NO2S/c1-12(10-14-8-5-9-20-14)17-11-15(16(18)19)13-6-3-2-4-7-13/h2-9,12,15,17H,10-11H2,1H3,(H,18,19). The Kier molecular flexibility index (Phi) is 5.32. The van der Waals surface area contributed by atoms with Crippen molar-refractivity contribution in [1.29, 1.82) is 0 Å². The fourth-order valence-electron chi connectivity index (χ4n) is 2.15. The summed E-state index contributed by atoms with van der Waals surface area (Å²) in [4.78, 5) is 12.7. The van der Waals surface area contributed by atoms with E-state index in [0.717, 1.165) is 12.0 Å². The Balaban J connectivity index is 1.91. The van der Waals surface area contributed by atoms with Crippen LogP contribution in [0.1, 0.15) is 23.3 Å². The average molecular weight is 289 g/mol. The van der Waals surface area contributed by atoms with E-state index in [2.05, 4.69) is 23.7 Å². The summed E-state index contributed by atoms with van der Waals surface area (Å²) in [5, 5.41) is 14.7. The zero-order valence-corrected chi connectivity index (χ0v) is 12.3. The minimum absolute atomic E-state index is 0.263. The highest BCUT2D eigenvalue weighted by Gasteiger charge is 2.20. The lowest BCUT2D eigenvalue weighted by Gasteiger charge is -2.18. The SMILES string of the molecule is CC(Cc1cccs1)NCC(C(=O)O)c1ccccc1. The van der Waals surface area contributed by atoms with E-state index in [1.54, 1.807) is 11.3 Å². The van der Waals surface area contributed by atoms with Gasteiger partial charge in [-0.05, 0) is 30.4 Å². The molecule has 20 heavy (non-hydrogen) atoms. The number of carboxylic acid groups (broad SMARTS) is 1. The molecule has 0 fully saturated rings. The first kappa shape index (κ1) is 14.8. The number of carboxylic acids is 1. The third kappa shape index (κ3) is 4.18. The quantitative estimate of drug-likeness (QED) is 0.823. The maximum Gasteiger partial charge on any atom is 0.312 e. The predicted octanol–water partition coefficient (Wildman–Crippen LogP) is 3.14. The first-order chi connectivity index (χ1) is 9.66. The van der Waals surface area contributed by atoms with E-state index in [-0.39, 0.29) is 6.04 Å². The maximum absolute atomic E-state index is 11.4. The molecule has 2 aromatic rings. The Morgan fingerprint density at radius 3 is 2.60 bits per heavy atom. The molecular formula is C16H19NO2S. The van der Waals surface area contributed by atoms with E-state index in [1.807, 2.05) is 36.4 Å². The number of aliphatic carboxylic acids is 1. The molecule has 2 rings (SSSR count). The number of hydrogen-bond donors (Lipinski definition) is 2. The normalized spacial score (nSPS) is 13.8. The Morgan fingerprint density at radius 2 is 2.00 bits per heavy atom. The third-order valence-electron chi connectivity index (χ3n) is 3.26. The van der Waals surface area contributed by atoms with Gasteiger partial charge < -0.3 is 10.4 Å². The molecule has 2 N–H and O–H groups in total. The van der Waals surface area contributed by atoms with Crippen molar-refractivity contribution in [3.05, 3.63) is 58.3 Å². The second-order valence-electron chi connectivity index (χ2n) is 4.89. The summed E-state index contributed by atoms with van der Waals surface area (Å²) in [7, 11) is 0. The second kappa shape index (κ2) is 7.22. The predicted molar refractivity (Wildman–Crippen MR) is 82.3 cm³/mol. The van der Waals surface area contributed by atoms with Crippen LogP contribution in [-0.2, 0) is 11.2 Å². The summed E-state index contributed by atoms with van der Waals surface area (Å²) >= 11 is 1.73. The molecule has 0 amide bonds. The van der Waals surface area contributed by atoms with Crippen LogP contribution in [0.3, 0.4) is 0 Å². The molecule has 1 aromatic heterocycles. The molecule has 0 aliphatic heterocycles. The van der Waals surface area contributed by atoms with Crippen molar-refractivity contribution in [3.8, 4) is 0 Å². The van der Waals surface area contributed by atoms with Gasteiger partial charge in [0.2, 0.25) is 0 Å². The topological polar surface area (TPSA) is 49.3 Å². The molecule has 0 bridgehead atoms. The highest BCUT2D eigenvalue weighted by molar-refractivity contribution is 7.09. The zero-order valence-electron chi connectivity index (χ0n) is 11.5. The second-order valence-corrected chi connectivity index (χ2v) is 5.93. The molecule has 0 spiro atoms. The summed E-state index contributed by atoms with van der Waals surface area (Å²) in [6, 6.07) is 13.8. The molecule has 0 aliphatic carbocycles. The Bertz CT molecular complexity index is 525. The third-order valence-corrected chi connectivity index (χ3v) is 4.16. The van der Waals surface area contributed by atoms with E-state index in [1.165, 1.54) is 4.88 Å². The van der Waals surface area contributed by atoms with Gasteiger partial charge in [0.05, 0.1) is 5.92 Å². The van der Waals surface area contributed by atoms with Crippen LogP contribution in [0.25, 0.3) is 0 Å². The number of hydrogen-bond acceptors (Lipinski definition) is 3. The van der Waals surface area contributed by atoms with Crippen LogP contribution in [-0.4, -0.2) is 23.7 Å². The van der Waals surface area contributed by atoms with Gasteiger partial charge in [-0.1, -0.05) is 36.4 Å². The first-order valence-corrected chi connectivity index (χ1v) is 7.58. The van der Waals surface area contributed by atoms with E-state index in [9.17, 15) is 9.90 Å². The minimum Gasteiger partial charge on any atom is -0.481 e. The molecule has 2 atom stereocenters. The minimum atomic E-state index is -0.785. The van der Waals surface area contributed by atoms with Gasteiger partial charge in [-0.2, -0.15) is 0 Å². The lowest BCUT2D eigenvalue weighted by atomic mass is 9.99. The molecule has 3 nitrogen and oxygen atoms in total. The molecule has 1 aromatic carbocycles. The van der Waals surface area contributed by atoms with Crippen LogP contribution in [0, 0.1) is 0 Å². The number of carbonyl (C=O) groups is 1. The van der Waals surface area contributed by atoms with Gasteiger partial charge in [-0.25, -0.2) is 0 Å². The van der Waals surface area contributed by atoms with Gasteiger partial charge in [-0.15, -0.1) is 11.3 Å². The number of nitrogens with one attached hydrogen (secondary N) is 1. The molecular weight excluding hydrogens is 270 g/mol. The Labute approximate surface area is 123 Å². The van der Waals surface area contributed by atoms with Crippen molar-refractivity contribution in [2.75, 3.05) is 6.54 Å². The van der Waals surface area contributed by atoms with Crippen LogP contribution in [0.2, 0.25) is 0 Å². The molecule has 2 unspecified atom stereocenters. The number of rotatable bonds is 7. The molecule has 0 radical (unpaired) electrons. The van der Waals surface area contributed by atoms with Crippen LogP contribution in [0.4, 0.5) is 0 Å². The van der Waals surface area contributed by atoms with Crippen LogP contribution in [0.15, 0.2) is 47.8 Å². The number of benzene rings is 1. The fourth-order valence-corrected chi connectivity index (χ4v) is 2.99. The smallest absolute Gasteiger partial charge is 0.312 e. The summed E-state index contributed by atoms with van der Waals surface area (Å²) in [6.07, 6.45) is 0.929.